The summed E-state index contributed by atoms with van der Waals surface area (Å²) in [6.07, 6.45) is 1.39. The Morgan fingerprint density at radius 2 is 2.10 bits per heavy atom. The Balaban J connectivity index is 2.36. The van der Waals surface area contributed by atoms with Crippen molar-refractivity contribution >= 4 is 46.3 Å². The fraction of sp³-hybridized carbons (Fsp3) is 0.154. The van der Waals surface area contributed by atoms with Gasteiger partial charge in [0, 0.05) is 12.6 Å². The van der Waals surface area contributed by atoms with E-state index >= 15 is 0 Å². The standard InChI is InChI=1S/C13H12Cl2N4O2/c1-7(20)17-8-3-4-11(21-2)10(5-8)18-12-9(14)6-16-13(15)19-12/h3-6H,1-2H3,(H,17,20)(H,16,18,19). The maximum Gasteiger partial charge on any atom is 0.224 e. The maximum absolute atomic E-state index is 11.1. The lowest BCUT2D eigenvalue weighted by Gasteiger charge is -2.13. The molecule has 2 aromatic rings. The van der Waals surface area contributed by atoms with Crippen molar-refractivity contribution in [3.8, 4) is 5.75 Å². The number of carbonyl (C=O) groups is 1. The molecule has 0 aliphatic heterocycles. The van der Waals surface area contributed by atoms with Crippen LogP contribution in [-0.4, -0.2) is 23.0 Å². The van der Waals surface area contributed by atoms with Crippen molar-refractivity contribution in [1.82, 2.24) is 9.97 Å². The molecule has 0 spiro atoms. The van der Waals surface area contributed by atoms with E-state index in [-0.39, 0.29) is 11.2 Å². The zero-order chi connectivity index (χ0) is 15.4. The minimum atomic E-state index is -0.172. The quantitative estimate of drug-likeness (QED) is 0.841. The van der Waals surface area contributed by atoms with Gasteiger partial charge in [-0.05, 0) is 29.8 Å². The Morgan fingerprint density at radius 3 is 2.76 bits per heavy atom. The number of hydrogen-bond acceptors (Lipinski definition) is 5. The number of anilines is 3. The van der Waals surface area contributed by atoms with E-state index in [1.807, 2.05) is 0 Å². The highest BCUT2D eigenvalue weighted by atomic mass is 35.5. The van der Waals surface area contributed by atoms with Gasteiger partial charge in [-0.3, -0.25) is 4.79 Å². The molecule has 1 amide bonds. The van der Waals surface area contributed by atoms with E-state index in [1.165, 1.54) is 20.2 Å². The Labute approximate surface area is 131 Å². The summed E-state index contributed by atoms with van der Waals surface area (Å²) in [6.45, 7) is 1.43. The lowest BCUT2D eigenvalue weighted by molar-refractivity contribution is -0.114. The normalized spacial score (nSPS) is 10.1. The number of nitrogens with one attached hydrogen (secondary N) is 2. The number of ether oxygens (including phenoxy) is 1. The molecule has 0 atom stereocenters. The van der Waals surface area contributed by atoms with Crippen LogP contribution >= 0.6 is 23.2 Å². The average molecular weight is 327 g/mol. The van der Waals surface area contributed by atoms with E-state index < -0.39 is 0 Å². The number of rotatable bonds is 4. The van der Waals surface area contributed by atoms with Crippen molar-refractivity contribution < 1.29 is 9.53 Å². The molecule has 1 heterocycles. The summed E-state index contributed by atoms with van der Waals surface area (Å²) in [5.74, 6) is 0.735. The molecular weight excluding hydrogens is 315 g/mol. The third-order valence-corrected chi connectivity index (χ3v) is 2.95. The van der Waals surface area contributed by atoms with Crippen molar-refractivity contribution in [3.63, 3.8) is 0 Å². The molecule has 2 rings (SSSR count). The van der Waals surface area contributed by atoms with Crippen LogP contribution in [0.5, 0.6) is 5.75 Å². The Bertz CT molecular complexity index is 679. The summed E-state index contributed by atoms with van der Waals surface area (Å²) in [5.41, 5.74) is 1.20. The SMILES string of the molecule is COc1ccc(NC(C)=O)cc1Nc1nc(Cl)ncc1Cl. The van der Waals surface area contributed by atoms with Crippen LogP contribution in [0.4, 0.5) is 17.2 Å². The second-order valence-electron chi connectivity index (χ2n) is 4.06. The summed E-state index contributed by atoms with van der Waals surface area (Å²) < 4.78 is 5.25. The van der Waals surface area contributed by atoms with Gasteiger partial charge in [0.15, 0.2) is 5.82 Å². The molecule has 110 valence electrons. The van der Waals surface area contributed by atoms with Crippen LogP contribution in [0.25, 0.3) is 0 Å². The molecule has 0 saturated carbocycles. The van der Waals surface area contributed by atoms with Crippen LogP contribution in [0.2, 0.25) is 10.3 Å². The minimum Gasteiger partial charge on any atom is -0.495 e. The Morgan fingerprint density at radius 1 is 1.33 bits per heavy atom. The predicted molar refractivity (Wildman–Crippen MR) is 82.6 cm³/mol. The monoisotopic (exact) mass is 326 g/mol. The fourth-order valence-electron chi connectivity index (χ4n) is 1.65. The summed E-state index contributed by atoms with van der Waals surface area (Å²) in [4.78, 5) is 18.9. The van der Waals surface area contributed by atoms with Crippen LogP contribution < -0.4 is 15.4 Å². The molecule has 21 heavy (non-hydrogen) atoms. The molecule has 0 saturated heterocycles. The molecule has 0 radical (unpaired) electrons. The number of methoxy groups -OCH3 is 1. The van der Waals surface area contributed by atoms with Gasteiger partial charge in [0.1, 0.15) is 10.8 Å². The number of aromatic nitrogens is 2. The average Bonchev–Trinajstić information content (AvgIpc) is 2.42. The van der Waals surface area contributed by atoms with Crippen molar-refractivity contribution in [3.05, 3.63) is 34.7 Å². The van der Waals surface area contributed by atoms with Crippen LogP contribution in [0.1, 0.15) is 6.92 Å². The summed E-state index contributed by atoms with van der Waals surface area (Å²) in [7, 11) is 1.53. The van der Waals surface area contributed by atoms with Gasteiger partial charge in [-0.25, -0.2) is 4.98 Å². The highest BCUT2D eigenvalue weighted by Gasteiger charge is 2.10. The van der Waals surface area contributed by atoms with Crippen LogP contribution in [0, 0.1) is 0 Å². The van der Waals surface area contributed by atoms with E-state index in [2.05, 4.69) is 20.6 Å². The third kappa shape index (κ3) is 3.96. The minimum absolute atomic E-state index is 0.0684. The molecule has 6 nitrogen and oxygen atoms in total. The van der Waals surface area contributed by atoms with Crippen molar-refractivity contribution in [1.29, 1.82) is 0 Å². The summed E-state index contributed by atoms with van der Waals surface area (Å²) >= 11 is 11.8. The first-order chi connectivity index (χ1) is 9.99. The van der Waals surface area contributed by atoms with Gasteiger partial charge in [-0.1, -0.05) is 11.6 Å². The van der Waals surface area contributed by atoms with Crippen molar-refractivity contribution in [2.24, 2.45) is 0 Å². The number of benzene rings is 1. The highest BCUT2D eigenvalue weighted by molar-refractivity contribution is 6.33. The van der Waals surface area contributed by atoms with E-state index in [9.17, 15) is 4.79 Å². The van der Waals surface area contributed by atoms with Crippen LogP contribution in [0.3, 0.4) is 0 Å². The van der Waals surface area contributed by atoms with Gasteiger partial charge in [0.2, 0.25) is 11.2 Å². The van der Waals surface area contributed by atoms with E-state index in [4.69, 9.17) is 27.9 Å². The number of amides is 1. The van der Waals surface area contributed by atoms with Gasteiger partial charge in [0.25, 0.3) is 0 Å². The van der Waals surface area contributed by atoms with Crippen molar-refractivity contribution in [2.75, 3.05) is 17.7 Å². The highest BCUT2D eigenvalue weighted by Crippen LogP contribution is 2.32. The third-order valence-electron chi connectivity index (χ3n) is 2.49. The molecule has 1 aromatic carbocycles. The summed E-state index contributed by atoms with van der Waals surface area (Å²) in [6, 6.07) is 5.14. The van der Waals surface area contributed by atoms with Gasteiger partial charge < -0.3 is 15.4 Å². The number of hydrogen-bond donors (Lipinski definition) is 2. The zero-order valence-electron chi connectivity index (χ0n) is 11.3. The van der Waals surface area contributed by atoms with Gasteiger partial charge >= 0.3 is 0 Å². The molecule has 0 fully saturated rings. The molecule has 2 N–H and O–H groups in total. The first kappa shape index (κ1) is 15.3. The number of nitrogens with zero attached hydrogens (tertiary/aromatic N) is 2. The zero-order valence-corrected chi connectivity index (χ0v) is 12.8. The smallest absolute Gasteiger partial charge is 0.224 e. The second kappa shape index (κ2) is 6.60. The topological polar surface area (TPSA) is 76.1 Å². The molecular formula is C13H12Cl2N4O2. The molecule has 1 aromatic heterocycles. The summed E-state index contributed by atoms with van der Waals surface area (Å²) in [5, 5.41) is 6.06. The van der Waals surface area contributed by atoms with E-state index in [0.29, 0.717) is 28.0 Å². The molecule has 0 unspecified atom stereocenters. The van der Waals surface area contributed by atoms with Crippen LogP contribution in [-0.2, 0) is 4.79 Å². The number of halogens is 2. The molecule has 0 aliphatic carbocycles. The molecule has 0 bridgehead atoms. The molecule has 8 heteroatoms. The van der Waals surface area contributed by atoms with E-state index in [1.54, 1.807) is 18.2 Å². The first-order valence-electron chi connectivity index (χ1n) is 5.90. The Hall–Kier alpha value is -2.05. The number of carbonyl (C=O) groups excluding carboxylic acids is 1. The molecule has 0 aliphatic rings. The van der Waals surface area contributed by atoms with Crippen molar-refractivity contribution in [2.45, 2.75) is 6.92 Å². The van der Waals surface area contributed by atoms with Gasteiger partial charge in [-0.2, -0.15) is 4.98 Å². The lowest BCUT2D eigenvalue weighted by Crippen LogP contribution is -2.06. The predicted octanol–water partition coefficient (Wildman–Crippen LogP) is 3.49. The van der Waals surface area contributed by atoms with Gasteiger partial charge in [0.05, 0.1) is 19.0 Å². The Kier molecular flexibility index (Phi) is 4.82. The van der Waals surface area contributed by atoms with Crippen LogP contribution in [0.15, 0.2) is 24.4 Å². The lowest BCUT2D eigenvalue weighted by atomic mass is 10.2. The second-order valence-corrected chi connectivity index (χ2v) is 4.80. The van der Waals surface area contributed by atoms with Gasteiger partial charge in [-0.15, -0.1) is 0 Å². The largest absolute Gasteiger partial charge is 0.495 e. The maximum atomic E-state index is 11.1. The fourth-order valence-corrected chi connectivity index (χ4v) is 1.92. The van der Waals surface area contributed by atoms with E-state index in [0.717, 1.165) is 0 Å². The first-order valence-corrected chi connectivity index (χ1v) is 6.66.